The van der Waals surface area contributed by atoms with E-state index in [1.54, 1.807) is 30.5 Å². The number of nitro groups is 1. The minimum Gasteiger partial charge on any atom is -0.328 e. The number of non-ortho nitro benzene ring substituents is 1. The molecule has 8 heteroatoms. The minimum absolute atomic E-state index is 0.102. The average Bonchev–Trinajstić information content (AvgIpc) is 2.27. The number of nitrogens with zero attached hydrogens (tertiary/aromatic N) is 3. The van der Waals surface area contributed by atoms with E-state index in [9.17, 15) is 10.1 Å². The molecule has 0 unspecified atom stereocenters. The lowest BCUT2D eigenvalue weighted by Gasteiger charge is -1.96. The fourth-order valence-electron chi connectivity index (χ4n) is 1.25. The molecule has 0 saturated heterocycles. The van der Waals surface area contributed by atoms with Crippen LogP contribution in [0.3, 0.4) is 0 Å². The van der Waals surface area contributed by atoms with Crippen molar-refractivity contribution < 1.29 is 15.2 Å². The number of pyridine rings is 1. The molecule has 1 heterocycles. The van der Waals surface area contributed by atoms with Gasteiger partial charge in [-0.2, -0.15) is 0 Å². The maximum atomic E-state index is 10.6. The van der Waals surface area contributed by atoms with E-state index in [1.807, 2.05) is 0 Å². The van der Waals surface area contributed by atoms with E-state index in [0.29, 0.717) is 10.9 Å². The summed E-state index contributed by atoms with van der Waals surface area (Å²) in [5.74, 6) is 0. The first-order chi connectivity index (χ1) is 8.02. The third kappa shape index (κ3) is 3.38. The van der Waals surface area contributed by atoms with Crippen molar-refractivity contribution in [3.63, 3.8) is 0 Å². The second kappa shape index (κ2) is 5.35. The molecule has 0 aliphatic rings. The Morgan fingerprint density at radius 2 is 1.76 bits per heavy atom. The van der Waals surface area contributed by atoms with Crippen LogP contribution in [0, 0.1) is 20.2 Å². The topological polar surface area (TPSA) is 119 Å². The second-order valence-corrected chi connectivity index (χ2v) is 2.84. The van der Waals surface area contributed by atoms with Crippen molar-refractivity contribution in [2.45, 2.75) is 0 Å². The van der Waals surface area contributed by atoms with Gasteiger partial charge in [0.1, 0.15) is 0 Å². The highest BCUT2D eigenvalue weighted by Gasteiger charge is 2.09. The highest BCUT2D eigenvalue weighted by atomic mass is 16.9. The van der Waals surface area contributed by atoms with Crippen molar-refractivity contribution in [3.8, 4) is 0 Å². The Morgan fingerprint density at radius 3 is 2.35 bits per heavy atom. The second-order valence-electron chi connectivity index (χ2n) is 2.84. The van der Waals surface area contributed by atoms with E-state index in [1.165, 1.54) is 6.07 Å². The van der Waals surface area contributed by atoms with Crippen LogP contribution in [0.25, 0.3) is 10.9 Å². The summed E-state index contributed by atoms with van der Waals surface area (Å²) in [5, 5.41) is 24.8. The summed E-state index contributed by atoms with van der Waals surface area (Å²) in [4.78, 5) is 22.6. The van der Waals surface area contributed by atoms with Gasteiger partial charge in [-0.25, -0.2) is 0 Å². The molecule has 0 amide bonds. The predicted octanol–water partition coefficient (Wildman–Crippen LogP) is 1.80. The Morgan fingerprint density at radius 1 is 1.12 bits per heavy atom. The summed E-state index contributed by atoms with van der Waals surface area (Å²) in [5.41, 5.74) is 0.752. The van der Waals surface area contributed by atoms with Crippen LogP contribution in [0.1, 0.15) is 0 Å². The summed E-state index contributed by atoms with van der Waals surface area (Å²) in [7, 11) is 0. The fraction of sp³-hybridized carbons (Fsp3) is 0. The van der Waals surface area contributed by atoms with Crippen LogP contribution in [0.4, 0.5) is 5.69 Å². The average molecular weight is 237 g/mol. The van der Waals surface area contributed by atoms with Crippen LogP contribution in [-0.2, 0) is 0 Å². The van der Waals surface area contributed by atoms with Crippen molar-refractivity contribution in [1.29, 1.82) is 0 Å². The minimum atomic E-state index is -1.50. The fourth-order valence-corrected chi connectivity index (χ4v) is 1.25. The van der Waals surface area contributed by atoms with Crippen LogP contribution in [0.5, 0.6) is 0 Å². The Balaban J connectivity index is 0.000000317. The maximum absolute atomic E-state index is 10.6. The number of hydrogen-bond acceptors (Lipinski definition) is 5. The molecule has 0 saturated carbocycles. The Bertz CT molecular complexity index is 548. The van der Waals surface area contributed by atoms with Gasteiger partial charge in [0.2, 0.25) is 0 Å². The highest BCUT2D eigenvalue weighted by Crippen LogP contribution is 2.22. The van der Waals surface area contributed by atoms with Gasteiger partial charge in [-0.3, -0.25) is 15.1 Å². The van der Waals surface area contributed by atoms with E-state index in [4.69, 9.17) is 15.3 Å². The summed E-state index contributed by atoms with van der Waals surface area (Å²) in [6, 6.07) is 8.25. The zero-order chi connectivity index (χ0) is 12.8. The zero-order valence-corrected chi connectivity index (χ0v) is 8.39. The van der Waals surface area contributed by atoms with Gasteiger partial charge in [0.25, 0.3) is 10.8 Å². The number of benzene rings is 1. The highest BCUT2D eigenvalue weighted by molar-refractivity contribution is 5.87. The standard InChI is InChI=1S/C9H6N2O2.HNO3/c12-11(13)9-5-1-4-8-7(9)3-2-6-10-8;2-1(3)4/h1-6H;(H,2,3,4). The van der Waals surface area contributed by atoms with Gasteiger partial charge >= 0.3 is 0 Å². The third-order valence-electron chi connectivity index (χ3n) is 1.82. The Labute approximate surface area is 94.4 Å². The number of hydrogen-bond donors (Lipinski definition) is 1. The normalized spacial score (nSPS) is 9.18. The monoisotopic (exact) mass is 237 g/mol. The van der Waals surface area contributed by atoms with Crippen LogP contribution in [0.2, 0.25) is 0 Å². The van der Waals surface area contributed by atoms with E-state index < -0.39 is 10.0 Å². The predicted molar refractivity (Wildman–Crippen MR) is 57.2 cm³/mol. The lowest BCUT2D eigenvalue weighted by atomic mass is 10.2. The molecular weight excluding hydrogens is 230 g/mol. The molecule has 1 N–H and O–H groups in total. The number of fused-ring (bicyclic) bond motifs is 1. The number of nitro benzene ring substituents is 1. The van der Waals surface area contributed by atoms with Gasteiger partial charge < -0.3 is 5.21 Å². The summed E-state index contributed by atoms with van der Waals surface area (Å²) >= 11 is 0. The Hall–Kier alpha value is -2.77. The lowest BCUT2D eigenvalue weighted by molar-refractivity contribution is -0.742. The summed E-state index contributed by atoms with van der Waals surface area (Å²) < 4.78 is 0. The van der Waals surface area contributed by atoms with Gasteiger partial charge in [0.05, 0.1) is 15.8 Å². The zero-order valence-electron chi connectivity index (χ0n) is 8.39. The van der Waals surface area contributed by atoms with Crippen LogP contribution in [0.15, 0.2) is 36.5 Å². The smallest absolute Gasteiger partial charge is 0.291 e. The van der Waals surface area contributed by atoms with Gasteiger partial charge in [0.15, 0.2) is 0 Å². The van der Waals surface area contributed by atoms with Crippen LogP contribution >= 0.6 is 0 Å². The summed E-state index contributed by atoms with van der Waals surface area (Å²) in [6.45, 7) is 0. The van der Waals surface area contributed by atoms with E-state index in [2.05, 4.69) is 4.98 Å². The molecule has 0 aliphatic carbocycles. The van der Waals surface area contributed by atoms with E-state index in [-0.39, 0.29) is 5.69 Å². The molecule has 0 bridgehead atoms. The molecule has 2 aromatic rings. The first-order valence-corrected chi connectivity index (χ1v) is 4.34. The number of rotatable bonds is 1. The molecule has 2 rings (SSSR count). The SMILES string of the molecule is O=[N+]([O-])O.O=[N+]([O-])c1cccc2ncccc12. The number of aromatic nitrogens is 1. The van der Waals surface area contributed by atoms with Crippen molar-refractivity contribution in [1.82, 2.24) is 4.98 Å². The quantitative estimate of drug-likeness (QED) is 0.596. The molecule has 17 heavy (non-hydrogen) atoms. The van der Waals surface area contributed by atoms with Gasteiger partial charge in [-0.05, 0) is 18.2 Å². The maximum Gasteiger partial charge on any atom is 0.291 e. The van der Waals surface area contributed by atoms with E-state index in [0.717, 1.165) is 0 Å². The largest absolute Gasteiger partial charge is 0.328 e. The van der Waals surface area contributed by atoms with E-state index >= 15 is 0 Å². The summed E-state index contributed by atoms with van der Waals surface area (Å²) in [6.07, 6.45) is 1.62. The molecule has 8 nitrogen and oxygen atoms in total. The van der Waals surface area contributed by atoms with Gasteiger partial charge in [-0.15, -0.1) is 10.1 Å². The van der Waals surface area contributed by atoms with Gasteiger partial charge in [-0.1, -0.05) is 6.07 Å². The first kappa shape index (κ1) is 12.3. The molecule has 0 spiro atoms. The lowest BCUT2D eigenvalue weighted by Crippen LogP contribution is -1.89. The molecule has 88 valence electrons. The Kier molecular flexibility index (Phi) is 3.87. The first-order valence-electron chi connectivity index (χ1n) is 4.34. The molecule has 1 aromatic carbocycles. The molecule has 0 radical (unpaired) electrons. The van der Waals surface area contributed by atoms with Crippen LogP contribution < -0.4 is 0 Å². The van der Waals surface area contributed by atoms with Crippen molar-refractivity contribution in [3.05, 3.63) is 56.8 Å². The third-order valence-corrected chi connectivity index (χ3v) is 1.82. The molecule has 0 fully saturated rings. The molecule has 0 aliphatic heterocycles. The van der Waals surface area contributed by atoms with Crippen molar-refractivity contribution in [2.75, 3.05) is 0 Å². The molecule has 1 aromatic heterocycles. The molecular formula is C9H7N3O5. The van der Waals surface area contributed by atoms with Crippen molar-refractivity contribution in [2.24, 2.45) is 0 Å². The van der Waals surface area contributed by atoms with Gasteiger partial charge in [0, 0.05) is 12.3 Å². The van der Waals surface area contributed by atoms with Crippen molar-refractivity contribution >= 4 is 16.6 Å². The van der Waals surface area contributed by atoms with Crippen LogP contribution in [-0.4, -0.2) is 20.2 Å². The molecule has 0 atom stereocenters.